The summed E-state index contributed by atoms with van der Waals surface area (Å²) < 4.78 is 28.3. The van der Waals surface area contributed by atoms with Gasteiger partial charge in [0.15, 0.2) is 0 Å². The lowest BCUT2D eigenvalue weighted by Gasteiger charge is -2.26. The van der Waals surface area contributed by atoms with Gasteiger partial charge in [0.2, 0.25) is 16.0 Å². The van der Waals surface area contributed by atoms with Crippen LogP contribution < -0.4 is 11.3 Å². The van der Waals surface area contributed by atoms with E-state index in [1.165, 1.54) is 16.7 Å². The fourth-order valence-electron chi connectivity index (χ4n) is 2.03. The molecule has 0 bridgehead atoms. The van der Waals surface area contributed by atoms with Gasteiger partial charge in [-0.1, -0.05) is 0 Å². The number of sulfonamides is 1. The molecule has 0 spiro atoms. The number of imidazole rings is 1. The van der Waals surface area contributed by atoms with Crippen molar-refractivity contribution in [2.75, 3.05) is 12.0 Å². The number of hydrogen-bond acceptors (Lipinski definition) is 7. The molecule has 2 aromatic rings. The average Bonchev–Trinajstić information content (AvgIpc) is 2.94. The number of anilines is 1. The van der Waals surface area contributed by atoms with E-state index in [0.717, 1.165) is 5.82 Å². The van der Waals surface area contributed by atoms with E-state index >= 15 is 0 Å². The Morgan fingerprint density at radius 1 is 1.20 bits per heavy atom. The molecular formula is C10H13N7O2S. The van der Waals surface area contributed by atoms with E-state index in [1.807, 2.05) is 10.8 Å². The lowest BCUT2D eigenvalue weighted by atomic mass is 10.4. The molecule has 106 valence electrons. The Morgan fingerprint density at radius 2 is 1.95 bits per heavy atom. The van der Waals surface area contributed by atoms with Gasteiger partial charge in [0.25, 0.3) is 0 Å². The first-order valence-electron chi connectivity index (χ1n) is 5.90. The van der Waals surface area contributed by atoms with Crippen molar-refractivity contribution in [3.63, 3.8) is 0 Å². The van der Waals surface area contributed by atoms with E-state index in [1.54, 1.807) is 6.20 Å². The molecule has 3 N–H and O–H groups in total. The van der Waals surface area contributed by atoms with Gasteiger partial charge in [-0.05, 0) is 0 Å². The highest BCUT2D eigenvalue weighted by Gasteiger charge is 2.29. The minimum absolute atomic E-state index is 0.0384. The summed E-state index contributed by atoms with van der Waals surface area (Å²) in [5.41, 5.74) is 2.25. The topological polar surface area (TPSA) is 119 Å². The van der Waals surface area contributed by atoms with Crippen LogP contribution >= 0.6 is 0 Å². The van der Waals surface area contributed by atoms with E-state index < -0.39 is 10.0 Å². The molecule has 3 rings (SSSR count). The largest absolute Gasteiger partial charge is 0.333 e. The molecule has 2 aromatic heterocycles. The van der Waals surface area contributed by atoms with Gasteiger partial charge in [0.1, 0.15) is 10.7 Å². The van der Waals surface area contributed by atoms with Crippen molar-refractivity contribution in [1.82, 2.24) is 23.8 Å². The molecule has 20 heavy (non-hydrogen) atoms. The summed E-state index contributed by atoms with van der Waals surface area (Å²) in [6.07, 6.45) is 5.97. The van der Waals surface area contributed by atoms with Crippen molar-refractivity contribution in [1.29, 1.82) is 0 Å². The molecule has 9 nitrogen and oxygen atoms in total. The SMILES string of the molecule is NNc1ncc(S(=O)(=O)N2CCn3ccnc3C2)cn1. The quantitative estimate of drug-likeness (QED) is 0.560. The maximum Gasteiger partial charge on any atom is 0.246 e. The average molecular weight is 295 g/mol. The molecule has 0 unspecified atom stereocenters. The summed E-state index contributed by atoms with van der Waals surface area (Å²) in [4.78, 5) is 11.8. The van der Waals surface area contributed by atoms with Crippen LogP contribution in [-0.2, 0) is 23.1 Å². The molecule has 0 saturated heterocycles. The third-order valence-corrected chi connectivity index (χ3v) is 4.90. The molecule has 0 amide bonds. The smallest absolute Gasteiger partial charge is 0.246 e. The minimum atomic E-state index is -3.62. The molecule has 1 aliphatic rings. The first-order chi connectivity index (χ1) is 9.61. The Morgan fingerprint density at radius 3 is 2.65 bits per heavy atom. The second-order valence-electron chi connectivity index (χ2n) is 4.26. The van der Waals surface area contributed by atoms with Gasteiger partial charge < -0.3 is 4.57 Å². The van der Waals surface area contributed by atoms with Gasteiger partial charge in [0.05, 0.1) is 18.9 Å². The number of hydrogen-bond donors (Lipinski definition) is 2. The highest BCUT2D eigenvalue weighted by atomic mass is 32.2. The number of aromatic nitrogens is 4. The van der Waals surface area contributed by atoms with Gasteiger partial charge in [-0.15, -0.1) is 0 Å². The predicted octanol–water partition coefficient (Wildman–Crippen LogP) is -0.837. The lowest BCUT2D eigenvalue weighted by molar-refractivity contribution is 0.335. The van der Waals surface area contributed by atoms with Crippen molar-refractivity contribution >= 4 is 16.0 Å². The standard InChI is InChI=1S/C10H13N7O2S/c11-15-10-13-5-8(6-14-10)20(18,19)17-4-3-16-2-1-12-9(16)7-17/h1-2,5-6H,3-4,7,11H2,(H,13,14,15). The Labute approximate surface area is 115 Å². The maximum absolute atomic E-state index is 12.5. The van der Waals surface area contributed by atoms with Crippen LogP contribution in [0.2, 0.25) is 0 Å². The first-order valence-corrected chi connectivity index (χ1v) is 7.34. The summed E-state index contributed by atoms with van der Waals surface area (Å²) in [5.74, 6) is 6.04. The van der Waals surface area contributed by atoms with E-state index in [-0.39, 0.29) is 17.4 Å². The number of nitrogens with two attached hydrogens (primary N) is 1. The van der Waals surface area contributed by atoms with E-state index in [0.29, 0.717) is 13.1 Å². The third kappa shape index (κ3) is 2.13. The Hall–Kier alpha value is -2.04. The fraction of sp³-hybridized carbons (Fsp3) is 0.300. The Kier molecular flexibility index (Phi) is 3.12. The van der Waals surface area contributed by atoms with Crippen molar-refractivity contribution < 1.29 is 8.42 Å². The van der Waals surface area contributed by atoms with Crippen molar-refractivity contribution in [2.24, 2.45) is 5.84 Å². The number of nitrogen functional groups attached to an aromatic ring is 1. The van der Waals surface area contributed by atoms with Crippen LogP contribution in [0.1, 0.15) is 5.82 Å². The molecule has 3 heterocycles. The van der Waals surface area contributed by atoms with Crippen LogP contribution in [0.4, 0.5) is 5.95 Å². The predicted molar refractivity (Wildman–Crippen MR) is 69.7 cm³/mol. The van der Waals surface area contributed by atoms with Gasteiger partial charge in [0, 0.05) is 25.5 Å². The summed E-state index contributed by atoms with van der Waals surface area (Å²) in [6.45, 7) is 1.21. The van der Waals surface area contributed by atoms with Gasteiger partial charge >= 0.3 is 0 Å². The number of nitrogens with one attached hydrogen (secondary N) is 1. The number of hydrazine groups is 1. The molecule has 0 aromatic carbocycles. The first kappa shape index (κ1) is 13.0. The monoisotopic (exact) mass is 295 g/mol. The van der Waals surface area contributed by atoms with Gasteiger partial charge in [-0.25, -0.2) is 29.2 Å². The molecule has 1 aliphatic heterocycles. The Balaban J connectivity index is 1.88. The zero-order valence-electron chi connectivity index (χ0n) is 10.5. The van der Waals surface area contributed by atoms with Crippen molar-refractivity contribution in [3.8, 4) is 0 Å². The van der Waals surface area contributed by atoms with E-state index in [4.69, 9.17) is 5.84 Å². The zero-order valence-corrected chi connectivity index (χ0v) is 11.3. The minimum Gasteiger partial charge on any atom is -0.333 e. The fourth-order valence-corrected chi connectivity index (χ4v) is 3.31. The molecule has 0 saturated carbocycles. The van der Waals surface area contributed by atoms with E-state index in [9.17, 15) is 8.42 Å². The normalized spacial score (nSPS) is 15.8. The highest BCUT2D eigenvalue weighted by molar-refractivity contribution is 7.89. The molecule has 10 heteroatoms. The Bertz CT molecular complexity index is 709. The highest BCUT2D eigenvalue weighted by Crippen LogP contribution is 2.20. The van der Waals surface area contributed by atoms with Gasteiger partial charge in [-0.3, -0.25) is 5.43 Å². The van der Waals surface area contributed by atoms with Crippen LogP contribution in [0.3, 0.4) is 0 Å². The third-order valence-electron chi connectivity index (χ3n) is 3.10. The molecule has 0 radical (unpaired) electrons. The second-order valence-corrected chi connectivity index (χ2v) is 6.20. The number of nitrogens with zero attached hydrogens (tertiary/aromatic N) is 5. The molecule has 0 fully saturated rings. The molecule has 0 aliphatic carbocycles. The summed E-state index contributed by atoms with van der Waals surface area (Å²) >= 11 is 0. The van der Waals surface area contributed by atoms with Crippen molar-refractivity contribution in [3.05, 3.63) is 30.6 Å². The lowest BCUT2D eigenvalue weighted by Crippen LogP contribution is -2.38. The van der Waals surface area contributed by atoms with E-state index in [2.05, 4.69) is 20.4 Å². The van der Waals surface area contributed by atoms with Crippen LogP contribution in [0, 0.1) is 0 Å². The number of fused-ring (bicyclic) bond motifs is 1. The maximum atomic E-state index is 12.5. The van der Waals surface area contributed by atoms with Gasteiger partial charge in [-0.2, -0.15) is 4.31 Å². The zero-order chi connectivity index (χ0) is 14.2. The number of rotatable bonds is 3. The van der Waals surface area contributed by atoms with Crippen molar-refractivity contribution in [2.45, 2.75) is 18.0 Å². The van der Waals surface area contributed by atoms with Crippen LogP contribution in [0.15, 0.2) is 29.7 Å². The summed E-state index contributed by atoms with van der Waals surface area (Å²) in [6, 6.07) is 0. The second kappa shape index (κ2) is 4.81. The molecule has 0 atom stereocenters. The van der Waals surface area contributed by atoms with Crippen LogP contribution in [0.5, 0.6) is 0 Å². The summed E-state index contributed by atoms with van der Waals surface area (Å²) in [5, 5.41) is 0. The van der Waals surface area contributed by atoms with Crippen LogP contribution in [0.25, 0.3) is 0 Å². The summed E-state index contributed by atoms with van der Waals surface area (Å²) in [7, 11) is -3.62. The molecular weight excluding hydrogens is 282 g/mol. The van der Waals surface area contributed by atoms with Crippen LogP contribution in [-0.4, -0.2) is 38.8 Å².